The molecule has 0 aliphatic heterocycles. The van der Waals surface area contributed by atoms with Crippen molar-refractivity contribution in [3.05, 3.63) is 107 Å². The van der Waals surface area contributed by atoms with E-state index in [2.05, 4.69) is 25.6 Å². The maximum absolute atomic E-state index is 13.1. The van der Waals surface area contributed by atoms with Crippen LogP contribution in [0.4, 0.5) is 29.3 Å². The number of fused-ring (bicyclic) bond motifs is 1. The topological polar surface area (TPSA) is 102 Å². The van der Waals surface area contributed by atoms with Gasteiger partial charge in [0.1, 0.15) is 6.33 Å². The van der Waals surface area contributed by atoms with E-state index in [1.165, 1.54) is 30.3 Å². The Morgan fingerprint density at radius 1 is 0.868 bits per heavy atom. The highest BCUT2D eigenvalue weighted by Gasteiger charge is 2.33. The number of amides is 2. The molecule has 0 aliphatic rings. The van der Waals surface area contributed by atoms with Gasteiger partial charge in [-0.15, -0.1) is 0 Å². The van der Waals surface area contributed by atoms with Crippen molar-refractivity contribution in [2.24, 2.45) is 0 Å². The molecule has 12 heteroatoms. The average Bonchev–Trinajstić information content (AvgIpc) is 3.44. The molecule has 0 radical (unpaired) electrons. The van der Waals surface area contributed by atoms with Gasteiger partial charge in [0.15, 0.2) is 11.6 Å². The number of aromatic nitrogens is 4. The molecular weight excluding hydrogens is 521 g/mol. The van der Waals surface area contributed by atoms with E-state index in [1.807, 2.05) is 0 Å². The van der Waals surface area contributed by atoms with E-state index in [-0.39, 0.29) is 11.5 Å². The summed E-state index contributed by atoms with van der Waals surface area (Å²) < 4.78 is 40.8. The summed E-state index contributed by atoms with van der Waals surface area (Å²) in [5.74, 6) is 0.292. The van der Waals surface area contributed by atoms with Crippen molar-refractivity contribution in [2.45, 2.75) is 6.18 Å². The number of imidazole rings is 1. The molecule has 0 saturated heterocycles. The van der Waals surface area contributed by atoms with Gasteiger partial charge in [-0.1, -0.05) is 11.6 Å². The van der Waals surface area contributed by atoms with E-state index in [0.29, 0.717) is 33.7 Å². The lowest BCUT2D eigenvalue weighted by Gasteiger charge is -2.12. The molecule has 190 valence electrons. The van der Waals surface area contributed by atoms with Gasteiger partial charge < -0.3 is 10.6 Å². The second-order valence-electron chi connectivity index (χ2n) is 8.08. The molecule has 0 saturated carbocycles. The number of ketones is 1. The number of rotatable bonds is 5. The maximum Gasteiger partial charge on any atom is 0.417 e. The zero-order valence-corrected chi connectivity index (χ0v) is 20.0. The van der Waals surface area contributed by atoms with Crippen LogP contribution in [-0.4, -0.2) is 31.3 Å². The van der Waals surface area contributed by atoms with E-state index in [1.54, 1.807) is 47.7 Å². The fourth-order valence-corrected chi connectivity index (χ4v) is 3.87. The van der Waals surface area contributed by atoms with Gasteiger partial charge in [0.25, 0.3) is 0 Å². The Morgan fingerprint density at radius 2 is 1.58 bits per heavy atom. The van der Waals surface area contributed by atoms with Crippen LogP contribution < -0.4 is 10.6 Å². The molecule has 0 atom stereocenters. The van der Waals surface area contributed by atoms with Gasteiger partial charge in [0.2, 0.25) is 0 Å². The van der Waals surface area contributed by atoms with Crippen molar-refractivity contribution in [2.75, 3.05) is 10.6 Å². The number of halogens is 4. The van der Waals surface area contributed by atoms with E-state index in [9.17, 15) is 22.8 Å². The van der Waals surface area contributed by atoms with Crippen molar-refractivity contribution in [1.82, 2.24) is 19.5 Å². The number of urea groups is 1. The van der Waals surface area contributed by atoms with Gasteiger partial charge in [0, 0.05) is 34.9 Å². The summed E-state index contributed by atoms with van der Waals surface area (Å²) in [5, 5.41) is 4.37. The Bertz CT molecular complexity index is 1650. The first-order valence-corrected chi connectivity index (χ1v) is 11.4. The Balaban J connectivity index is 1.28. The average molecular weight is 537 g/mol. The van der Waals surface area contributed by atoms with Crippen LogP contribution in [0.25, 0.3) is 16.9 Å². The van der Waals surface area contributed by atoms with Crippen molar-refractivity contribution in [3.8, 4) is 5.82 Å². The summed E-state index contributed by atoms with van der Waals surface area (Å²) in [6, 6.07) is 13.4. The Morgan fingerprint density at radius 3 is 2.29 bits per heavy atom. The lowest BCUT2D eigenvalue weighted by Crippen LogP contribution is -2.20. The number of anilines is 2. The second kappa shape index (κ2) is 9.94. The quantitative estimate of drug-likeness (QED) is 0.254. The fraction of sp³-hybridized carbons (Fsp3) is 0.0385. The third kappa shape index (κ3) is 5.32. The van der Waals surface area contributed by atoms with E-state index in [0.717, 1.165) is 12.1 Å². The summed E-state index contributed by atoms with van der Waals surface area (Å²) in [6.07, 6.45) is 1.89. The number of carbonyl (C=O) groups excluding carboxylic acids is 2. The molecule has 2 amide bonds. The van der Waals surface area contributed by atoms with E-state index < -0.39 is 22.8 Å². The molecule has 2 heterocycles. The van der Waals surface area contributed by atoms with Gasteiger partial charge in [-0.05, 0) is 60.7 Å². The molecule has 5 rings (SSSR count). The first-order chi connectivity index (χ1) is 18.2. The number of carbonyl (C=O) groups is 2. The Kier molecular flexibility index (Phi) is 6.52. The van der Waals surface area contributed by atoms with Crippen molar-refractivity contribution in [3.63, 3.8) is 0 Å². The molecule has 0 bridgehead atoms. The monoisotopic (exact) mass is 536 g/mol. The molecule has 2 N–H and O–H groups in total. The van der Waals surface area contributed by atoms with Crippen LogP contribution in [-0.2, 0) is 6.18 Å². The van der Waals surface area contributed by atoms with Crippen LogP contribution in [0.1, 0.15) is 21.5 Å². The Labute approximate surface area is 218 Å². The number of nitrogens with zero attached hydrogens (tertiary/aromatic N) is 4. The summed E-state index contributed by atoms with van der Waals surface area (Å²) in [6.45, 7) is 0. The molecule has 2 aromatic heterocycles. The molecular formula is C26H16ClF3N6O2. The fourth-order valence-electron chi connectivity index (χ4n) is 3.65. The highest BCUT2D eigenvalue weighted by atomic mass is 35.5. The van der Waals surface area contributed by atoms with Gasteiger partial charge in [-0.3, -0.25) is 14.3 Å². The van der Waals surface area contributed by atoms with Gasteiger partial charge in [0.05, 0.1) is 27.8 Å². The van der Waals surface area contributed by atoms with Crippen molar-refractivity contribution < 1.29 is 22.8 Å². The molecule has 38 heavy (non-hydrogen) atoms. The number of nitrogens with one attached hydrogen (secondary N) is 2. The number of benzene rings is 3. The summed E-state index contributed by atoms with van der Waals surface area (Å²) in [5.41, 5.74) is 1.11. The largest absolute Gasteiger partial charge is 0.417 e. The van der Waals surface area contributed by atoms with Crippen LogP contribution in [0.3, 0.4) is 0 Å². The molecule has 5 aromatic rings. The number of alkyl halides is 3. The highest BCUT2D eigenvalue weighted by Crippen LogP contribution is 2.36. The molecule has 0 fully saturated rings. The van der Waals surface area contributed by atoms with Crippen LogP contribution in [0, 0.1) is 0 Å². The minimum atomic E-state index is -4.66. The first-order valence-electron chi connectivity index (χ1n) is 11.0. The summed E-state index contributed by atoms with van der Waals surface area (Å²) in [4.78, 5) is 38.2. The smallest absolute Gasteiger partial charge is 0.308 e. The normalized spacial score (nSPS) is 11.4. The molecule has 0 aliphatic carbocycles. The number of hydrogen-bond acceptors (Lipinski definition) is 5. The van der Waals surface area contributed by atoms with E-state index in [4.69, 9.17) is 11.6 Å². The zero-order valence-electron chi connectivity index (χ0n) is 19.2. The number of hydrogen-bond donors (Lipinski definition) is 2. The maximum atomic E-state index is 13.1. The third-order valence-corrected chi connectivity index (χ3v) is 5.82. The van der Waals surface area contributed by atoms with Crippen LogP contribution in [0.5, 0.6) is 0 Å². The highest BCUT2D eigenvalue weighted by molar-refractivity contribution is 6.31. The standard InChI is InChI=1S/C26H16ClF3N6O2/c27-20-7-6-18(12-19(20)26(28,29)30)34-25(38)33-17-4-1-15(2-5-17)24(37)16-3-8-21-22(11-16)35-23(13-32-21)36-10-9-31-14-36/h1-14H,(H2,33,34,38). The molecule has 8 nitrogen and oxygen atoms in total. The predicted molar refractivity (Wildman–Crippen MR) is 136 cm³/mol. The summed E-state index contributed by atoms with van der Waals surface area (Å²) >= 11 is 5.60. The van der Waals surface area contributed by atoms with Crippen LogP contribution >= 0.6 is 11.6 Å². The van der Waals surface area contributed by atoms with Crippen LogP contribution in [0.2, 0.25) is 5.02 Å². The van der Waals surface area contributed by atoms with Crippen molar-refractivity contribution >= 4 is 45.8 Å². The second-order valence-corrected chi connectivity index (χ2v) is 8.49. The van der Waals surface area contributed by atoms with Crippen molar-refractivity contribution in [1.29, 1.82) is 0 Å². The molecule has 0 unspecified atom stereocenters. The van der Waals surface area contributed by atoms with Gasteiger partial charge in [-0.2, -0.15) is 13.2 Å². The first kappa shape index (κ1) is 24.9. The summed E-state index contributed by atoms with van der Waals surface area (Å²) in [7, 11) is 0. The third-order valence-electron chi connectivity index (χ3n) is 5.50. The minimum absolute atomic E-state index is 0.0818. The molecule has 3 aromatic carbocycles. The predicted octanol–water partition coefficient (Wildman–Crippen LogP) is 6.36. The lowest BCUT2D eigenvalue weighted by molar-refractivity contribution is -0.137. The minimum Gasteiger partial charge on any atom is -0.308 e. The SMILES string of the molecule is O=C(Nc1ccc(C(=O)c2ccc3ncc(-n4ccnc4)nc3c2)cc1)Nc1ccc(Cl)c(C(F)(F)F)c1. The van der Waals surface area contributed by atoms with E-state index >= 15 is 0 Å². The molecule has 0 spiro atoms. The Hall–Kier alpha value is -4.77. The van der Waals surface area contributed by atoms with Gasteiger partial charge in [-0.25, -0.2) is 14.8 Å². The van der Waals surface area contributed by atoms with Gasteiger partial charge >= 0.3 is 12.2 Å². The zero-order chi connectivity index (χ0) is 26.9. The van der Waals surface area contributed by atoms with Crippen LogP contribution in [0.15, 0.2) is 85.6 Å². The lowest BCUT2D eigenvalue weighted by atomic mass is 10.0.